The number of rotatable bonds is 7. The second-order valence-corrected chi connectivity index (χ2v) is 6.89. The second-order valence-electron chi connectivity index (χ2n) is 6.89. The molecule has 3 aromatic rings. The molecule has 2 N–H and O–H groups in total. The molecule has 1 heterocycles. The van der Waals surface area contributed by atoms with Gasteiger partial charge in [0, 0.05) is 17.8 Å². The van der Waals surface area contributed by atoms with Crippen LogP contribution >= 0.6 is 0 Å². The third kappa shape index (κ3) is 5.07. The Bertz CT molecular complexity index is 1110. The zero-order valence-electron chi connectivity index (χ0n) is 16.0. The summed E-state index contributed by atoms with van der Waals surface area (Å²) in [5, 5.41) is 2.78. The maximum Gasteiger partial charge on any atom is 0.328 e. The van der Waals surface area contributed by atoms with E-state index in [0.717, 1.165) is 22.7 Å². The van der Waals surface area contributed by atoms with Gasteiger partial charge in [-0.2, -0.15) is 0 Å². The van der Waals surface area contributed by atoms with E-state index < -0.39 is 23.0 Å². The molecule has 0 aliphatic heterocycles. The van der Waals surface area contributed by atoms with Gasteiger partial charge in [-0.05, 0) is 31.4 Å². The number of aromatic amines is 1. The van der Waals surface area contributed by atoms with Crippen LogP contribution in [0.3, 0.4) is 0 Å². The maximum absolute atomic E-state index is 13.9. The van der Waals surface area contributed by atoms with E-state index in [-0.39, 0.29) is 23.7 Å². The number of nitrogens with zero attached hydrogens (tertiary/aromatic N) is 1. The minimum Gasteiger partial charge on any atom is -0.349 e. The van der Waals surface area contributed by atoms with Crippen molar-refractivity contribution in [3.63, 3.8) is 0 Å². The van der Waals surface area contributed by atoms with Gasteiger partial charge in [-0.1, -0.05) is 48.5 Å². The van der Waals surface area contributed by atoms with Crippen LogP contribution in [0.2, 0.25) is 0 Å². The van der Waals surface area contributed by atoms with E-state index in [1.54, 1.807) is 6.07 Å². The van der Waals surface area contributed by atoms with Gasteiger partial charge in [-0.15, -0.1) is 0 Å². The summed E-state index contributed by atoms with van der Waals surface area (Å²) in [6.45, 7) is 1.59. The summed E-state index contributed by atoms with van der Waals surface area (Å²) >= 11 is 0. The van der Waals surface area contributed by atoms with Crippen molar-refractivity contribution >= 4 is 5.91 Å². The molecule has 0 fully saturated rings. The van der Waals surface area contributed by atoms with Gasteiger partial charge in [0.05, 0.1) is 6.54 Å². The normalized spacial score (nSPS) is 11.8. The number of aryl methyl sites for hydroxylation is 1. The van der Waals surface area contributed by atoms with Crippen LogP contribution in [0.1, 0.15) is 34.8 Å². The molecule has 0 spiro atoms. The second kappa shape index (κ2) is 9.14. The Kier molecular flexibility index (Phi) is 6.39. The first-order valence-corrected chi connectivity index (χ1v) is 9.36. The fourth-order valence-electron chi connectivity index (χ4n) is 3.02. The predicted octanol–water partition coefficient (Wildman–Crippen LogP) is 2.48. The highest BCUT2D eigenvalue weighted by Crippen LogP contribution is 2.07. The number of halogens is 1. The Labute approximate surface area is 167 Å². The van der Waals surface area contributed by atoms with E-state index in [1.807, 2.05) is 37.3 Å². The van der Waals surface area contributed by atoms with Gasteiger partial charge in [0.1, 0.15) is 11.4 Å². The van der Waals surface area contributed by atoms with Crippen molar-refractivity contribution in [3.8, 4) is 0 Å². The summed E-state index contributed by atoms with van der Waals surface area (Å²) < 4.78 is 14.7. The van der Waals surface area contributed by atoms with E-state index >= 15 is 0 Å². The molecular formula is C22H22FN3O3. The highest BCUT2D eigenvalue weighted by molar-refractivity contribution is 5.93. The van der Waals surface area contributed by atoms with Crippen LogP contribution in [0.15, 0.2) is 70.4 Å². The first-order chi connectivity index (χ1) is 14.0. The monoisotopic (exact) mass is 395 g/mol. The van der Waals surface area contributed by atoms with Gasteiger partial charge in [-0.3, -0.25) is 14.2 Å². The SMILES string of the molecule is CC(CCc1ccccc1)NC(=O)c1c[nH]c(=O)n(Cc2ccccc2F)c1=O. The molecule has 150 valence electrons. The van der Waals surface area contributed by atoms with Gasteiger partial charge in [0.25, 0.3) is 11.5 Å². The molecule has 1 aromatic heterocycles. The first-order valence-electron chi connectivity index (χ1n) is 9.36. The molecule has 0 aliphatic rings. The molecule has 1 atom stereocenters. The number of carbonyl (C=O) groups is 1. The fraction of sp³-hybridized carbons (Fsp3) is 0.227. The predicted molar refractivity (Wildman–Crippen MR) is 109 cm³/mol. The molecule has 0 aliphatic carbocycles. The number of aromatic nitrogens is 2. The third-order valence-corrected chi connectivity index (χ3v) is 4.68. The Morgan fingerprint density at radius 3 is 2.52 bits per heavy atom. The van der Waals surface area contributed by atoms with E-state index in [9.17, 15) is 18.8 Å². The van der Waals surface area contributed by atoms with Crippen molar-refractivity contribution in [1.29, 1.82) is 0 Å². The number of benzene rings is 2. The molecule has 0 saturated carbocycles. The Hall–Kier alpha value is -3.48. The van der Waals surface area contributed by atoms with Crippen LogP contribution in [-0.2, 0) is 13.0 Å². The van der Waals surface area contributed by atoms with Crippen LogP contribution in [-0.4, -0.2) is 21.5 Å². The van der Waals surface area contributed by atoms with Crippen LogP contribution < -0.4 is 16.6 Å². The van der Waals surface area contributed by atoms with Crippen LogP contribution in [0.5, 0.6) is 0 Å². The number of carbonyl (C=O) groups excluding carboxylic acids is 1. The van der Waals surface area contributed by atoms with E-state index in [1.165, 1.54) is 18.2 Å². The number of hydrogen-bond acceptors (Lipinski definition) is 3. The van der Waals surface area contributed by atoms with Crippen molar-refractivity contribution in [2.24, 2.45) is 0 Å². The van der Waals surface area contributed by atoms with E-state index in [0.29, 0.717) is 6.42 Å². The third-order valence-electron chi connectivity index (χ3n) is 4.68. The maximum atomic E-state index is 13.9. The van der Waals surface area contributed by atoms with E-state index in [2.05, 4.69) is 10.3 Å². The molecule has 1 amide bonds. The van der Waals surface area contributed by atoms with E-state index in [4.69, 9.17) is 0 Å². The first kappa shape index (κ1) is 20.3. The number of hydrogen-bond donors (Lipinski definition) is 2. The molecule has 7 heteroatoms. The van der Waals surface area contributed by atoms with Crippen LogP contribution in [0, 0.1) is 5.82 Å². The lowest BCUT2D eigenvalue weighted by atomic mass is 10.1. The Balaban J connectivity index is 1.73. The quantitative estimate of drug-likeness (QED) is 0.645. The lowest BCUT2D eigenvalue weighted by Gasteiger charge is -2.14. The lowest BCUT2D eigenvalue weighted by molar-refractivity contribution is 0.0935. The molecule has 29 heavy (non-hydrogen) atoms. The molecule has 2 aromatic carbocycles. The fourth-order valence-corrected chi connectivity index (χ4v) is 3.02. The van der Waals surface area contributed by atoms with Crippen molar-refractivity contribution in [2.75, 3.05) is 0 Å². The summed E-state index contributed by atoms with van der Waals surface area (Å²) in [5.74, 6) is -1.10. The van der Waals surface area contributed by atoms with Crippen LogP contribution in [0.25, 0.3) is 0 Å². The summed E-state index contributed by atoms with van der Waals surface area (Å²) in [7, 11) is 0. The van der Waals surface area contributed by atoms with Crippen molar-refractivity contribution in [1.82, 2.24) is 14.9 Å². The molecular weight excluding hydrogens is 373 g/mol. The Morgan fingerprint density at radius 2 is 1.79 bits per heavy atom. The van der Waals surface area contributed by atoms with Gasteiger partial charge in [0.15, 0.2) is 0 Å². The van der Waals surface area contributed by atoms with Gasteiger partial charge < -0.3 is 10.3 Å². The minimum atomic E-state index is -0.759. The van der Waals surface area contributed by atoms with Crippen molar-refractivity contribution in [2.45, 2.75) is 32.4 Å². The Morgan fingerprint density at radius 1 is 1.10 bits per heavy atom. The molecule has 6 nitrogen and oxygen atoms in total. The average Bonchev–Trinajstić information content (AvgIpc) is 2.71. The topological polar surface area (TPSA) is 84.0 Å². The highest BCUT2D eigenvalue weighted by Gasteiger charge is 2.17. The van der Waals surface area contributed by atoms with Gasteiger partial charge >= 0.3 is 5.69 Å². The summed E-state index contributed by atoms with van der Waals surface area (Å²) in [6, 6.07) is 15.6. The zero-order chi connectivity index (χ0) is 20.8. The smallest absolute Gasteiger partial charge is 0.328 e. The molecule has 3 rings (SSSR count). The largest absolute Gasteiger partial charge is 0.349 e. The lowest BCUT2D eigenvalue weighted by Crippen LogP contribution is -2.42. The molecule has 0 bridgehead atoms. The van der Waals surface area contributed by atoms with Crippen molar-refractivity contribution in [3.05, 3.63) is 104 Å². The number of H-pyrrole nitrogens is 1. The van der Waals surface area contributed by atoms with Crippen molar-refractivity contribution < 1.29 is 9.18 Å². The average molecular weight is 395 g/mol. The summed E-state index contributed by atoms with van der Waals surface area (Å²) in [5.41, 5.74) is -0.303. The molecule has 0 radical (unpaired) electrons. The summed E-state index contributed by atoms with van der Waals surface area (Å²) in [4.78, 5) is 39.7. The molecule has 1 unspecified atom stereocenters. The standard InChI is InChI=1S/C22H22FN3O3/c1-15(11-12-16-7-3-2-4-8-16)25-20(27)18-13-24-22(29)26(21(18)28)14-17-9-5-6-10-19(17)23/h2-10,13,15H,11-12,14H2,1H3,(H,24,29)(H,25,27). The molecule has 0 saturated heterocycles. The number of nitrogens with one attached hydrogen (secondary N) is 2. The van der Waals surface area contributed by atoms with Gasteiger partial charge in [-0.25, -0.2) is 9.18 Å². The number of amides is 1. The summed E-state index contributed by atoms with van der Waals surface area (Å²) in [6.07, 6.45) is 2.58. The van der Waals surface area contributed by atoms with Gasteiger partial charge in [0.2, 0.25) is 0 Å². The highest BCUT2D eigenvalue weighted by atomic mass is 19.1. The minimum absolute atomic E-state index is 0.172. The van der Waals surface area contributed by atoms with Crippen LogP contribution in [0.4, 0.5) is 4.39 Å². The zero-order valence-corrected chi connectivity index (χ0v) is 16.0.